The van der Waals surface area contributed by atoms with Crippen molar-refractivity contribution in [3.05, 3.63) is 65.7 Å². The molecule has 2 rings (SSSR count). The molecule has 0 fully saturated rings. The fourth-order valence-electron chi connectivity index (χ4n) is 1.76. The standard InChI is InChI=1S/C15H10ClF4NO/c16-14(17,10-5-2-1-3-6-10)13(22)21-12-8-4-7-11(9-12)15(18,19)20/h1-9H,(H,21,22). The van der Waals surface area contributed by atoms with E-state index in [-0.39, 0.29) is 11.3 Å². The Bertz CT molecular complexity index is 671. The Morgan fingerprint density at radius 3 is 2.09 bits per heavy atom. The van der Waals surface area contributed by atoms with Gasteiger partial charge in [-0.2, -0.15) is 13.2 Å². The van der Waals surface area contributed by atoms with E-state index in [1.54, 1.807) is 6.07 Å². The molecule has 22 heavy (non-hydrogen) atoms. The molecule has 0 saturated heterocycles. The van der Waals surface area contributed by atoms with E-state index in [2.05, 4.69) is 0 Å². The Morgan fingerprint density at radius 1 is 0.909 bits per heavy atom. The summed E-state index contributed by atoms with van der Waals surface area (Å²) < 4.78 is 52.1. The highest BCUT2D eigenvalue weighted by atomic mass is 35.5. The van der Waals surface area contributed by atoms with Crippen molar-refractivity contribution in [2.45, 2.75) is 11.3 Å². The summed E-state index contributed by atoms with van der Waals surface area (Å²) in [4.78, 5) is 11.9. The van der Waals surface area contributed by atoms with E-state index < -0.39 is 22.8 Å². The fraction of sp³-hybridized carbons (Fsp3) is 0.133. The Balaban J connectivity index is 2.22. The van der Waals surface area contributed by atoms with Crippen molar-refractivity contribution in [3.63, 3.8) is 0 Å². The van der Waals surface area contributed by atoms with Gasteiger partial charge in [0.2, 0.25) is 0 Å². The second-order valence-corrected chi connectivity index (χ2v) is 4.99. The number of hydrogen-bond acceptors (Lipinski definition) is 1. The molecule has 2 aromatic rings. The Kier molecular flexibility index (Phi) is 4.42. The summed E-state index contributed by atoms with van der Waals surface area (Å²) in [6.07, 6.45) is -4.56. The Hall–Kier alpha value is -2.08. The lowest BCUT2D eigenvalue weighted by Crippen LogP contribution is -2.31. The fourth-order valence-corrected chi connectivity index (χ4v) is 1.93. The molecule has 0 aromatic heterocycles. The van der Waals surface area contributed by atoms with Crippen molar-refractivity contribution >= 4 is 23.2 Å². The molecule has 1 atom stereocenters. The number of halogens is 5. The maximum absolute atomic E-state index is 14.4. The molecule has 0 spiro atoms. The molecule has 1 unspecified atom stereocenters. The van der Waals surface area contributed by atoms with E-state index >= 15 is 0 Å². The van der Waals surface area contributed by atoms with Crippen molar-refractivity contribution in [1.82, 2.24) is 0 Å². The Morgan fingerprint density at radius 2 is 1.50 bits per heavy atom. The molecular weight excluding hydrogens is 322 g/mol. The zero-order valence-electron chi connectivity index (χ0n) is 11.0. The van der Waals surface area contributed by atoms with Crippen LogP contribution in [0.15, 0.2) is 54.6 Å². The van der Waals surface area contributed by atoms with Crippen molar-refractivity contribution in [2.24, 2.45) is 0 Å². The average Bonchev–Trinajstić information content (AvgIpc) is 2.47. The van der Waals surface area contributed by atoms with E-state index in [9.17, 15) is 22.4 Å². The van der Waals surface area contributed by atoms with Crippen LogP contribution in [0.1, 0.15) is 11.1 Å². The Labute approximate surface area is 128 Å². The minimum absolute atomic E-state index is 0.110. The van der Waals surface area contributed by atoms with Crippen LogP contribution in [0.2, 0.25) is 0 Å². The van der Waals surface area contributed by atoms with Gasteiger partial charge in [-0.15, -0.1) is 0 Å². The number of nitrogens with one attached hydrogen (secondary N) is 1. The summed E-state index contributed by atoms with van der Waals surface area (Å²) in [5, 5.41) is -0.832. The van der Waals surface area contributed by atoms with Crippen LogP contribution in [0.5, 0.6) is 0 Å². The van der Waals surface area contributed by atoms with Gasteiger partial charge >= 0.3 is 6.18 Å². The van der Waals surface area contributed by atoms with Gasteiger partial charge in [0.25, 0.3) is 11.0 Å². The third-order valence-electron chi connectivity index (χ3n) is 2.87. The van der Waals surface area contributed by atoms with Crippen LogP contribution in [0, 0.1) is 0 Å². The third kappa shape index (κ3) is 3.57. The monoisotopic (exact) mass is 331 g/mol. The molecular formula is C15H10ClF4NO. The molecule has 116 valence electrons. The van der Waals surface area contributed by atoms with Crippen LogP contribution in [0.3, 0.4) is 0 Å². The summed E-state index contributed by atoms with van der Waals surface area (Å²) in [5.41, 5.74) is -1.26. The van der Waals surface area contributed by atoms with Crippen molar-refractivity contribution in [2.75, 3.05) is 5.32 Å². The molecule has 0 heterocycles. The highest BCUT2D eigenvalue weighted by Crippen LogP contribution is 2.34. The second-order valence-electron chi connectivity index (χ2n) is 4.47. The number of carbonyl (C=O) groups excluding carboxylic acids is 1. The van der Waals surface area contributed by atoms with Crippen molar-refractivity contribution in [3.8, 4) is 0 Å². The molecule has 0 aliphatic carbocycles. The van der Waals surface area contributed by atoms with Gasteiger partial charge in [0.05, 0.1) is 5.56 Å². The summed E-state index contributed by atoms with van der Waals surface area (Å²) in [6, 6.07) is 11.1. The van der Waals surface area contributed by atoms with Crippen LogP contribution in [0.25, 0.3) is 0 Å². The number of anilines is 1. The van der Waals surface area contributed by atoms with E-state index in [1.807, 2.05) is 5.32 Å². The zero-order valence-corrected chi connectivity index (χ0v) is 11.8. The van der Waals surface area contributed by atoms with E-state index in [0.717, 1.165) is 12.1 Å². The number of amides is 1. The van der Waals surface area contributed by atoms with Gasteiger partial charge in [-0.25, -0.2) is 4.39 Å². The summed E-state index contributed by atoms with van der Waals surface area (Å²) in [5.74, 6) is -1.26. The van der Waals surface area contributed by atoms with Gasteiger partial charge in [0, 0.05) is 11.3 Å². The van der Waals surface area contributed by atoms with Crippen LogP contribution in [-0.4, -0.2) is 5.91 Å². The number of benzene rings is 2. The van der Waals surface area contributed by atoms with Gasteiger partial charge in [-0.3, -0.25) is 4.79 Å². The van der Waals surface area contributed by atoms with E-state index in [4.69, 9.17) is 11.6 Å². The summed E-state index contributed by atoms with van der Waals surface area (Å²) >= 11 is 5.59. The first-order valence-corrected chi connectivity index (χ1v) is 6.51. The normalized spacial score (nSPS) is 14.2. The molecule has 0 bridgehead atoms. The second kappa shape index (κ2) is 5.96. The molecule has 0 saturated carbocycles. The lowest BCUT2D eigenvalue weighted by atomic mass is 10.1. The van der Waals surface area contributed by atoms with Gasteiger partial charge in [-0.1, -0.05) is 48.0 Å². The molecule has 7 heteroatoms. The lowest BCUT2D eigenvalue weighted by Gasteiger charge is -2.18. The predicted molar refractivity (Wildman–Crippen MR) is 75.2 cm³/mol. The smallest absolute Gasteiger partial charge is 0.322 e. The molecule has 1 amide bonds. The number of hydrogen-bond donors (Lipinski definition) is 1. The topological polar surface area (TPSA) is 29.1 Å². The highest BCUT2D eigenvalue weighted by Gasteiger charge is 2.38. The molecule has 2 aromatic carbocycles. The SMILES string of the molecule is O=C(Nc1cccc(C(F)(F)F)c1)C(F)(Cl)c1ccccc1. The first-order valence-electron chi connectivity index (χ1n) is 6.13. The van der Waals surface area contributed by atoms with Gasteiger partial charge in [0.15, 0.2) is 0 Å². The van der Waals surface area contributed by atoms with Crippen molar-refractivity contribution < 1.29 is 22.4 Å². The number of rotatable bonds is 3. The van der Waals surface area contributed by atoms with Crippen LogP contribution in [0.4, 0.5) is 23.2 Å². The first kappa shape index (κ1) is 16.3. The van der Waals surface area contributed by atoms with Gasteiger partial charge < -0.3 is 5.32 Å². The molecule has 0 aliphatic heterocycles. The largest absolute Gasteiger partial charge is 0.416 e. The summed E-state index contributed by atoms with van der Waals surface area (Å²) in [6.45, 7) is 0. The maximum atomic E-state index is 14.4. The maximum Gasteiger partial charge on any atom is 0.416 e. The quantitative estimate of drug-likeness (QED) is 0.640. The first-order chi connectivity index (χ1) is 10.2. The van der Waals surface area contributed by atoms with Crippen LogP contribution in [-0.2, 0) is 16.1 Å². The highest BCUT2D eigenvalue weighted by molar-refractivity contribution is 6.35. The van der Waals surface area contributed by atoms with Crippen molar-refractivity contribution in [1.29, 1.82) is 0 Å². The predicted octanol–water partition coefficient (Wildman–Crippen LogP) is 4.71. The number of carbonyl (C=O) groups is 1. The average molecular weight is 332 g/mol. The molecule has 2 nitrogen and oxygen atoms in total. The molecule has 0 aliphatic rings. The molecule has 1 N–H and O–H groups in total. The third-order valence-corrected chi connectivity index (χ3v) is 3.26. The van der Waals surface area contributed by atoms with Gasteiger partial charge in [-0.05, 0) is 18.2 Å². The summed E-state index contributed by atoms with van der Waals surface area (Å²) in [7, 11) is 0. The van der Waals surface area contributed by atoms with Crippen LogP contribution >= 0.6 is 11.6 Å². The lowest BCUT2D eigenvalue weighted by molar-refractivity contribution is -0.137. The zero-order chi connectivity index (χ0) is 16.4. The number of alkyl halides is 5. The molecule has 0 radical (unpaired) electrons. The van der Waals surface area contributed by atoms with E-state index in [1.165, 1.54) is 30.3 Å². The van der Waals surface area contributed by atoms with Crippen LogP contribution < -0.4 is 5.32 Å². The minimum atomic E-state index is -4.56. The van der Waals surface area contributed by atoms with E-state index in [0.29, 0.717) is 6.07 Å². The minimum Gasteiger partial charge on any atom is -0.322 e. The van der Waals surface area contributed by atoms with Gasteiger partial charge in [0.1, 0.15) is 0 Å².